The summed E-state index contributed by atoms with van der Waals surface area (Å²) in [6.45, 7) is 4.02. The van der Waals surface area contributed by atoms with Crippen LogP contribution in [0, 0.1) is 0 Å². The first-order valence-corrected chi connectivity index (χ1v) is 8.17. The van der Waals surface area contributed by atoms with Gasteiger partial charge in [0.15, 0.2) is 5.60 Å². The molecule has 5 heteroatoms. The van der Waals surface area contributed by atoms with Crippen molar-refractivity contribution >= 4 is 18.2 Å². The molecule has 0 N–H and O–H groups in total. The van der Waals surface area contributed by atoms with Gasteiger partial charge in [0, 0.05) is 6.92 Å². The van der Waals surface area contributed by atoms with Crippen LogP contribution in [-0.4, -0.2) is 30.4 Å². The number of carbonyl (C=O) groups is 3. The zero-order chi connectivity index (χ0) is 17.1. The van der Waals surface area contributed by atoms with Crippen LogP contribution in [0.2, 0.25) is 0 Å². The fraction of sp³-hybridized carbons (Fsp3) is 0.611. The lowest BCUT2D eigenvalue weighted by Gasteiger charge is -2.30. The molecular formula is C18H26O5. The average molecular weight is 322 g/mol. The highest BCUT2D eigenvalue weighted by Crippen LogP contribution is 2.29. The highest BCUT2D eigenvalue weighted by molar-refractivity contribution is 6.05. The van der Waals surface area contributed by atoms with Crippen molar-refractivity contribution in [3.63, 3.8) is 0 Å². The van der Waals surface area contributed by atoms with Crippen LogP contribution in [0.1, 0.15) is 58.8 Å². The molecule has 23 heavy (non-hydrogen) atoms. The van der Waals surface area contributed by atoms with Crippen LogP contribution >= 0.6 is 0 Å². The summed E-state index contributed by atoms with van der Waals surface area (Å²) < 4.78 is 10.0. The molecule has 0 saturated heterocycles. The maximum Gasteiger partial charge on any atom is 0.303 e. The lowest BCUT2D eigenvalue weighted by Crippen LogP contribution is -2.42. The van der Waals surface area contributed by atoms with E-state index in [1.54, 1.807) is 25.2 Å². The molecule has 0 aromatic carbocycles. The number of ketones is 1. The van der Waals surface area contributed by atoms with E-state index in [1.165, 1.54) is 6.92 Å². The van der Waals surface area contributed by atoms with E-state index in [1.807, 2.05) is 0 Å². The zero-order valence-corrected chi connectivity index (χ0v) is 14.0. The molecule has 0 aromatic rings. The molecule has 0 aromatic heterocycles. The SMILES string of the molecule is CC(=O)OC1(CCCCCCCCOC=O)C=CC=C(C)C1=O. The van der Waals surface area contributed by atoms with Gasteiger partial charge < -0.3 is 9.47 Å². The number of esters is 1. The first-order chi connectivity index (χ1) is 11.0. The van der Waals surface area contributed by atoms with Crippen molar-refractivity contribution in [2.45, 2.75) is 64.4 Å². The number of unbranched alkanes of at least 4 members (excludes halogenated alkanes) is 5. The lowest BCUT2D eigenvalue weighted by molar-refractivity contribution is -0.159. The molecule has 0 saturated carbocycles. The Morgan fingerprint density at radius 3 is 2.48 bits per heavy atom. The highest BCUT2D eigenvalue weighted by atomic mass is 16.6. The largest absolute Gasteiger partial charge is 0.468 e. The molecule has 1 unspecified atom stereocenters. The van der Waals surface area contributed by atoms with Gasteiger partial charge in [0.25, 0.3) is 6.47 Å². The van der Waals surface area contributed by atoms with Crippen molar-refractivity contribution in [2.24, 2.45) is 0 Å². The first kappa shape index (κ1) is 19.1. The zero-order valence-electron chi connectivity index (χ0n) is 14.0. The monoisotopic (exact) mass is 322 g/mol. The van der Waals surface area contributed by atoms with Gasteiger partial charge in [0.05, 0.1) is 6.61 Å². The summed E-state index contributed by atoms with van der Waals surface area (Å²) >= 11 is 0. The van der Waals surface area contributed by atoms with Crippen molar-refractivity contribution in [2.75, 3.05) is 6.61 Å². The van der Waals surface area contributed by atoms with Gasteiger partial charge in [-0.05, 0) is 37.8 Å². The number of carbonyl (C=O) groups excluding carboxylic acids is 3. The van der Waals surface area contributed by atoms with Crippen molar-refractivity contribution in [3.05, 3.63) is 23.8 Å². The van der Waals surface area contributed by atoms with Crippen LogP contribution in [0.5, 0.6) is 0 Å². The van der Waals surface area contributed by atoms with Crippen molar-refractivity contribution in [1.82, 2.24) is 0 Å². The Morgan fingerprint density at radius 2 is 1.83 bits per heavy atom. The minimum absolute atomic E-state index is 0.124. The summed E-state index contributed by atoms with van der Waals surface area (Å²) in [6, 6.07) is 0. The van der Waals surface area contributed by atoms with Crippen LogP contribution < -0.4 is 0 Å². The molecular weight excluding hydrogens is 296 g/mol. The predicted molar refractivity (Wildman–Crippen MR) is 86.7 cm³/mol. The van der Waals surface area contributed by atoms with E-state index in [4.69, 9.17) is 4.74 Å². The number of allylic oxidation sites excluding steroid dienone is 2. The molecule has 1 aliphatic carbocycles. The van der Waals surface area contributed by atoms with E-state index in [2.05, 4.69) is 4.74 Å². The minimum atomic E-state index is -1.12. The van der Waals surface area contributed by atoms with Crippen molar-refractivity contribution in [1.29, 1.82) is 0 Å². The van der Waals surface area contributed by atoms with Crippen LogP contribution in [0.25, 0.3) is 0 Å². The van der Waals surface area contributed by atoms with Gasteiger partial charge in [-0.2, -0.15) is 0 Å². The van der Waals surface area contributed by atoms with E-state index in [9.17, 15) is 14.4 Å². The fourth-order valence-electron chi connectivity index (χ4n) is 2.75. The lowest BCUT2D eigenvalue weighted by atomic mass is 9.84. The van der Waals surface area contributed by atoms with Gasteiger partial charge in [-0.15, -0.1) is 0 Å². The number of rotatable bonds is 11. The third kappa shape index (κ3) is 6.38. The molecule has 1 rings (SSSR count). The fourth-order valence-corrected chi connectivity index (χ4v) is 2.75. The van der Waals surface area contributed by atoms with Gasteiger partial charge in [-0.3, -0.25) is 14.4 Å². The van der Waals surface area contributed by atoms with E-state index in [0.29, 0.717) is 25.1 Å². The maximum atomic E-state index is 12.4. The van der Waals surface area contributed by atoms with E-state index >= 15 is 0 Å². The molecule has 0 radical (unpaired) electrons. The van der Waals surface area contributed by atoms with Gasteiger partial charge in [0.1, 0.15) is 0 Å². The van der Waals surface area contributed by atoms with Crippen LogP contribution in [0.15, 0.2) is 23.8 Å². The number of hydrogen-bond donors (Lipinski definition) is 0. The molecule has 0 amide bonds. The summed E-state index contributed by atoms with van der Waals surface area (Å²) in [5, 5.41) is 0. The Labute approximate surface area is 137 Å². The quantitative estimate of drug-likeness (QED) is 0.332. The minimum Gasteiger partial charge on any atom is -0.468 e. The summed E-state index contributed by atoms with van der Waals surface area (Å²) in [5.74, 6) is -0.561. The molecule has 0 spiro atoms. The van der Waals surface area contributed by atoms with Gasteiger partial charge in [-0.25, -0.2) is 0 Å². The Kier molecular flexibility index (Phi) is 8.30. The highest BCUT2D eigenvalue weighted by Gasteiger charge is 2.40. The van der Waals surface area contributed by atoms with Gasteiger partial charge >= 0.3 is 5.97 Å². The maximum absolute atomic E-state index is 12.4. The normalized spacial score (nSPS) is 20.1. The predicted octanol–water partition coefficient (Wildman–Crippen LogP) is 3.28. The Bertz CT molecular complexity index is 478. The second kappa shape index (κ2) is 9.98. The molecule has 1 aliphatic rings. The Morgan fingerprint density at radius 1 is 1.17 bits per heavy atom. The van der Waals surface area contributed by atoms with E-state index < -0.39 is 11.6 Å². The average Bonchev–Trinajstić information content (AvgIpc) is 2.50. The Hall–Kier alpha value is -1.91. The number of ether oxygens (including phenoxy) is 2. The summed E-state index contributed by atoms with van der Waals surface area (Å²) in [5.41, 5.74) is -0.508. The molecule has 1 atom stereocenters. The topological polar surface area (TPSA) is 69.7 Å². The van der Waals surface area contributed by atoms with Gasteiger partial charge in [0.2, 0.25) is 5.78 Å². The molecule has 0 fully saturated rings. The molecule has 128 valence electrons. The summed E-state index contributed by atoms with van der Waals surface area (Å²) in [4.78, 5) is 33.8. The summed E-state index contributed by atoms with van der Waals surface area (Å²) in [7, 11) is 0. The number of Topliss-reactive ketones (excluding diaryl/α,β-unsaturated/α-hetero) is 1. The molecule has 0 aliphatic heterocycles. The smallest absolute Gasteiger partial charge is 0.303 e. The van der Waals surface area contributed by atoms with Crippen molar-refractivity contribution < 1.29 is 23.9 Å². The Balaban J connectivity index is 2.35. The summed E-state index contributed by atoms with van der Waals surface area (Å²) in [6.07, 6.45) is 11.5. The first-order valence-electron chi connectivity index (χ1n) is 8.17. The third-order valence-electron chi connectivity index (χ3n) is 3.91. The second-order valence-corrected chi connectivity index (χ2v) is 5.86. The molecule has 0 heterocycles. The van der Waals surface area contributed by atoms with Crippen molar-refractivity contribution in [3.8, 4) is 0 Å². The van der Waals surface area contributed by atoms with Gasteiger partial charge in [-0.1, -0.05) is 37.8 Å². The van der Waals surface area contributed by atoms with Crippen LogP contribution in [0.4, 0.5) is 0 Å². The number of hydrogen-bond acceptors (Lipinski definition) is 5. The van der Waals surface area contributed by atoms with Crippen LogP contribution in [-0.2, 0) is 23.9 Å². The third-order valence-corrected chi connectivity index (χ3v) is 3.91. The molecule has 0 bridgehead atoms. The van der Waals surface area contributed by atoms with Crippen LogP contribution in [0.3, 0.4) is 0 Å². The molecule has 5 nitrogen and oxygen atoms in total. The van der Waals surface area contributed by atoms with E-state index in [-0.39, 0.29) is 5.78 Å². The standard InChI is InChI=1S/C18H26O5/c1-15-10-9-12-18(17(15)21,23-16(2)20)11-7-5-3-4-6-8-13-22-14-19/h9-10,12,14H,3-8,11,13H2,1-2H3. The van der Waals surface area contributed by atoms with E-state index in [0.717, 1.165) is 38.5 Å². The second-order valence-electron chi connectivity index (χ2n) is 5.86.